The molecule has 14 heavy (non-hydrogen) atoms. The van der Waals surface area contributed by atoms with E-state index < -0.39 is 0 Å². The predicted octanol–water partition coefficient (Wildman–Crippen LogP) is 4.40. The van der Waals surface area contributed by atoms with Crippen molar-refractivity contribution in [1.82, 2.24) is 0 Å². The number of benzene rings is 1. The summed E-state index contributed by atoms with van der Waals surface area (Å²) in [4.78, 5) is 0. The Morgan fingerprint density at radius 3 is 2.14 bits per heavy atom. The summed E-state index contributed by atoms with van der Waals surface area (Å²) in [7, 11) is 0. The molecule has 0 aliphatic heterocycles. The van der Waals surface area contributed by atoms with Gasteiger partial charge in [-0.25, -0.2) is 0 Å². The SMILES string of the molecule is CCC(C)C(C)(CC)c1ccccc1. The molecule has 2 atom stereocenters. The highest BCUT2D eigenvalue weighted by Gasteiger charge is 2.29. The summed E-state index contributed by atoms with van der Waals surface area (Å²) in [6.45, 7) is 9.31. The second-order valence-corrected chi connectivity index (χ2v) is 4.45. The van der Waals surface area contributed by atoms with Gasteiger partial charge in [-0.15, -0.1) is 0 Å². The fourth-order valence-corrected chi connectivity index (χ4v) is 2.11. The van der Waals surface area contributed by atoms with E-state index in [1.165, 1.54) is 18.4 Å². The Labute approximate surface area is 88.4 Å². The first-order chi connectivity index (χ1) is 6.65. The Balaban J connectivity index is 3.01. The minimum absolute atomic E-state index is 0.343. The molecule has 0 aliphatic carbocycles. The molecule has 1 rings (SSSR count). The van der Waals surface area contributed by atoms with Crippen LogP contribution in [0.25, 0.3) is 0 Å². The Morgan fingerprint density at radius 1 is 1.14 bits per heavy atom. The van der Waals surface area contributed by atoms with Crippen LogP contribution in [0.3, 0.4) is 0 Å². The molecule has 1 aromatic carbocycles. The van der Waals surface area contributed by atoms with Crippen LogP contribution < -0.4 is 0 Å². The van der Waals surface area contributed by atoms with Crippen molar-refractivity contribution >= 4 is 0 Å². The molecule has 78 valence electrons. The topological polar surface area (TPSA) is 0 Å². The van der Waals surface area contributed by atoms with Gasteiger partial charge in [-0.1, -0.05) is 64.4 Å². The van der Waals surface area contributed by atoms with E-state index >= 15 is 0 Å². The van der Waals surface area contributed by atoms with Gasteiger partial charge in [0.15, 0.2) is 0 Å². The van der Waals surface area contributed by atoms with Crippen molar-refractivity contribution in [2.45, 2.75) is 46.0 Å². The first kappa shape index (κ1) is 11.3. The van der Waals surface area contributed by atoms with E-state index in [9.17, 15) is 0 Å². The molecule has 0 saturated carbocycles. The van der Waals surface area contributed by atoms with Crippen molar-refractivity contribution in [2.24, 2.45) is 5.92 Å². The zero-order valence-corrected chi connectivity index (χ0v) is 9.88. The Hall–Kier alpha value is -0.780. The summed E-state index contributed by atoms with van der Waals surface area (Å²) in [6.07, 6.45) is 2.46. The van der Waals surface area contributed by atoms with Crippen molar-refractivity contribution in [1.29, 1.82) is 0 Å². The maximum absolute atomic E-state index is 2.39. The third-order valence-electron chi connectivity index (χ3n) is 3.87. The molecule has 0 heterocycles. The van der Waals surface area contributed by atoms with Crippen LogP contribution in [-0.4, -0.2) is 0 Å². The summed E-state index contributed by atoms with van der Waals surface area (Å²) < 4.78 is 0. The van der Waals surface area contributed by atoms with Gasteiger partial charge in [-0.3, -0.25) is 0 Å². The molecule has 0 fully saturated rings. The van der Waals surface area contributed by atoms with Crippen LogP contribution in [0.4, 0.5) is 0 Å². The molecule has 1 aromatic rings. The normalized spacial score (nSPS) is 17.4. The molecule has 0 spiro atoms. The lowest BCUT2D eigenvalue weighted by atomic mass is 9.70. The van der Waals surface area contributed by atoms with Gasteiger partial charge in [0.1, 0.15) is 0 Å². The van der Waals surface area contributed by atoms with Gasteiger partial charge in [0.25, 0.3) is 0 Å². The minimum Gasteiger partial charge on any atom is -0.0651 e. The highest BCUT2D eigenvalue weighted by atomic mass is 14.3. The van der Waals surface area contributed by atoms with E-state index in [-0.39, 0.29) is 0 Å². The number of hydrogen-bond acceptors (Lipinski definition) is 0. The van der Waals surface area contributed by atoms with Crippen molar-refractivity contribution in [3.63, 3.8) is 0 Å². The zero-order valence-electron chi connectivity index (χ0n) is 9.88. The molecule has 0 aliphatic rings. The summed E-state index contributed by atoms with van der Waals surface area (Å²) in [6, 6.07) is 10.9. The monoisotopic (exact) mass is 190 g/mol. The van der Waals surface area contributed by atoms with Gasteiger partial charge in [0.05, 0.1) is 0 Å². The lowest BCUT2D eigenvalue weighted by Crippen LogP contribution is -2.29. The summed E-state index contributed by atoms with van der Waals surface area (Å²) in [5.74, 6) is 0.745. The number of hydrogen-bond donors (Lipinski definition) is 0. The second kappa shape index (κ2) is 4.63. The molecule has 0 aromatic heterocycles. The average molecular weight is 190 g/mol. The van der Waals surface area contributed by atoms with Crippen LogP contribution in [0.1, 0.15) is 46.1 Å². The highest BCUT2D eigenvalue weighted by Crippen LogP contribution is 2.36. The minimum atomic E-state index is 0.343. The van der Waals surface area contributed by atoms with E-state index in [0.29, 0.717) is 5.41 Å². The highest BCUT2D eigenvalue weighted by molar-refractivity contribution is 5.25. The van der Waals surface area contributed by atoms with Gasteiger partial charge < -0.3 is 0 Å². The molecule has 0 amide bonds. The summed E-state index contributed by atoms with van der Waals surface area (Å²) in [5.41, 5.74) is 1.83. The largest absolute Gasteiger partial charge is 0.0651 e. The van der Waals surface area contributed by atoms with E-state index in [0.717, 1.165) is 5.92 Å². The molecular weight excluding hydrogens is 168 g/mol. The van der Waals surface area contributed by atoms with E-state index in [4.69, 9.17) is 0 Å². The maximum Gasteiger partial charge on any atom is -0.00524 e. The Morgan fingerprint density at radius 2 is 1.71 bits per heavy atom. The molecule has 0 N–H and O–H groups in total. The maximum atomic E-state index is 2.39. The molecular formula is C14H22. The van der Waals surface area contributed by atoms with Crippen LogP contribution in [0.5, 0.6) is 0 Å². The van der Waals surface area contributed by atoms with Crippen LogP contribution in [0.15, 0.2) is 30.3 Å². The average Bonchev–Trinajstić information content (AvgIpc) is 2.28. The van der Waals surface area contributed by atoms with Crippen molar-refractivity contribution < 1.29 is 0 Å². The molecule has 0 bridgehead atoms. The first-order valence-corrected chi connectivity index (χ1v) is 5.70. The van der Waals surface area contributed by atoms with Gasteiger partial charge >= 0.3 is 0 Å². The summed E-state index contributed by atoms with van der Waals surface area (Å²) in [5, 5.41) is 0. The fourth-order valence-electron chi connectivity index (χ4n) is 2.11. The van der Waals surface area contributed by atoms with E-state index in [1.54, 1.807) is 0 Å². The third-order valence-corrected chi connectivity index (χ3v) is 3.87. The van der Waals surface area contributed by atoms with Crippen LogP contribution in [0.2, 0.25) is 0 Å². The van der Waals surface area contributed by atoms with E-state index in [1.807, 2.05) is 0 Å². The second-order valence-electron chi connectivity index (χ2n) is 4.45. The summed E-state index contributed by atoms with van der Waals surface area (Å²) >= 11 is 0. The fraction of sp³-hybridized carbons (Fsp3) is 0.571. The zero-order chi connectivity index (χ0) is 10.6. The molecule has 2 unspecified atom stereocenters. The van der Waals surface area contributed by atoms with E-state index in [2.05, 4.69) is 58.0 Å². The van der Waals surface area contributed by atoms with Crippen molar-refractivity contribution in [3.8, 4) is 0 Å². The van der Waals surface area contributed by atoms with Gasteiger partial charge in [0.2, 0.25) is 0 Å². The molecule has 0 nitrogen and oxygen atoms in total. The van der Waals surface area contributed by atoms with Crippen LogP contribution >= 0.6 is 0 Å². The molecule has 0 radical (unpaired) electrons. The van der Waals surface area contributed by atoms with Crippen LogP contribution in [-0.2, 0) is 5.41 Å². The smallest absolute Gasteiger partial charge is 0.00524 e. The molecule has 0 heteroatoms. The first-order valence-electron chi connectivity index (χ1n) is 5.70. The number of rotatable bonds is 4. The standard InChI is InChI=1S/C14H22/c1-5-12(3)14(4,6-2)13-10-8-7-9-11-13/h7-12H,5-6H2,1-4H3. The quantitative estimate of drug-likeness (QED) is 0.660. The van der Waals surface area contributed by atoms with Gasteiger partial charge in [-0.2, -0.15) is 0 Å². The van der Waals surface area contributed by atoms with Crippen molar-refractivity contribution in [3.05, 3.63) is 35.9 Å². The predicted molar refractivity (Wildman–Crippen MR) is 63.5 cm³/mol. The lowest BCUT2D eigenvalue weighted by Gasteiger charge is -2.35. The molecule has 0 saturated heterocycles. The third kappa shape index (κ3) is 2.00. The van der Waals surface area contributed by atoms with Gasteiger partial charge in [0, 0.05) is 0 Å². The Bertz CT molecular complexity index is 263. The Kier molecular flexibility index (Phi) is 3.74. The lowest BCUT2D eigenvalue weighted by molar-refractivity contribution is 0.295. The van der Waals surface area contributed by atoms with Crippen molar-refractivity contribution in [2.75, 3.05) is 0 Å². The van der Waals surface area contributed by atoms with Crippen LogP contribution in [0, 0.1) is 5.92 Å². The van der Waals surface area contributed by atoms with Gasteiger partial charge in [-0.05, 0) is 23.3 Å².